The van der Waals surface area contributed by atoms with E-state index in [4.69, 9.17) is 4.74 Å². The summed E-state index contributed by atoms with van der Waals surface area (Å²) < 4.78 is 6.12. The molecular formula is C17H21NO2. The summed E-state index contributed by atoms with van der Waals surface area (Å²) in [5, 5.41) is 12.5. The average molecular weight is 271 g/mol. The third kappa shape index (κ3) is 3.83. The Morgan fingerprint density at radius 3 is 2.45 bits per heavy atom. The molecule has 0 fully saturated rings. The highest BCUT2D eigenvalue weighted by Gasteiger charge is 2.14. The first-order valence-electron chi connectivity index (χ1n) is 6.90. The van der Waals surface area contributed by atoms with Gasteiger partial charge in [0.05, 0.1) is 6.61 Å². The maximum atomic E-state index is 9.39. The van der Waals surface area contributed by atoms with Crippen molar-refractivity contribution in [1.82, 2.24) is 5.32 Å². The molecule has 1 unspecified atom stereocenters. The fourth-order valence-electron chi connectivity index (χ4n) is 2.14. The molecule has 3 heteroatoms. The Balaban J connectivity index is 2.19. The summed E-state index contributed by atoms with van der Waals surface area (Å²) in [6.07, 6.45) is 0.858. The molecule has 0 aliphatic rings. The van der Waals surface area contributed by atoms with Crippen molar-refractivity contribution < 1.29 is 9.84 Å². The van der Waals surface area contributed by atoms with Gasteiger partial charge in [-0.1, -0.05) is 48.5 Å². The molecule has 0 aliphatic heterocycles. The first kappa shape index (κ1) is 14.6. The number of hydrogen-bond donors (Lipinski definition) is 2. The van der Waals surface area contributed by atoms with Crippen LogP contribution in [-0.2, 0) is 6.61 Å². The van der Waals surface area contributed by atoms with E-state index in [1.54, 1.807) is 0 Å². The van der Waals surface area contributed by atoms with Crippen LogP contribution >= 0.6 is 0 Å². The molecule has 0 amide bonds. The summed E-state index contributed by atoms with van der Waals surface area (Å²) in [6.45, 7) is 0.866. The highest BCUT2D eigenvalue weighted by atomic mass is 16.5. The third-order valence-corrected chi connectivity index (χ3v) is 3.24. The van der Waals surface area contributed by atoms with Crippen molar-refractivity contribution in [2.24, 2.45) is 0 Å². The maximum Gasteiger partial charge on any atom is 0.125 e. The summed E-state index contributed by atoms with van der Waals surface area (Å²) >= 11 is 0. The Labute approximate surface area is 120 Å². The molecule has 0 saturated carbocycles. The van der Waals surface area contributed by atoms with Crippen LogP contribution in [0.3, 0.4) is 0 Å². The van der Waals surface area contributed by atoms with Crippen LogP contribution in [0.4, 0.5) is 0 Å². The topological polar surface area (TPSA) is 41.5 Å². The van der Waals surface area contributed by atoms with Crippen LogP contribution in [0.2, 0.25) is 0 Å². The number of ether oxygens (including phenoxy) is 1. The lowest BCUT2D eigenvalue weighted by molar-refractivity contribution is 0.186. The lowest BCUT2D eigenvalue weighted by atomic mass is 10.1. The Bertz CT molecular complexity index is 513. The fourth-order valence-corrected chi connectivity index (χ4v) is 2.14. The normalized spacial score (nSPS) is 12.1. The van der Waals surface area contributed by atoms with E-state index < -0.39 is 0 Å². The van der Waals surface area contributed by atoms with Crippen LogP contribution in [-0.4, -0.2) is 18.7 Å². The molecule has 0 heterocycles. The number of benzene rings is 2. The van der Waals surface area contributed by atoms with E-state index in [0.717, 1.165) is 29.8 Å². The Kier molecular flexibility index (Phi) is 5.59. The van der Waals surface area contributed by atoms with E-state index in [1.165, 1.54) is 0 Å². The minimum atomic E-state index is -0.0173. The van der Waals surface area contributed by atoms with Crippen LogP contribution in [0.25, 0.3) is 0 Å². The third-order valence-electron chi connectivity index (χ3n) is 3.24. The van der Waals surface area contributed by atoms with Crippen molar-refractivity contribution in [1.29, 1.82) is 0 Å². The standard InChI is InChI=1S/C17H21NO2/c1-18-12-11-17(14-7-3-2-4-8-14)20-16-10-6-5-9-15(16)13-19/h2-10,17-19H,11-13H2,1H3. The quantitative estimate of drug-likeness (QED) is 0.813. The molecule has 2 aromatic rings. The molecule has 2 rings (SSSR count). The Hall–Kier alpha value is -1.84. The van der Waals surface area contributed by atoms with E-state index >= 15 is 0 Å². The summed E-state index contributed by atoms with van der Waals surface area (Å²) in [5.41, 5.74) is 1.97. The predicted octanol–water partition coefficient (Wildman–Crippen LogP) is 2.91. The second-order valence-electron chi connectivity index (χ2n) is 4.68. The van der Waals surface area contributed by atoms with Crippen molar-refractivity contribution in [2.75, 3.05) is 13.6 Å². The molecule has 3 nitrogen and oxygen atoms in total. The van der Waals surface area contributed by atoms with E-state index in [-0.39, 0.29) is 12.7 Å². The van der Waals surface area contributed by atoms with Gasteiger partial charge in [0.1, 0.15) is 11.9 Å². The Morgan fingerprint density at radius 1 is 1.05 bits per heavy atom. The number of para-hydroxylation sites is 1. The van der Waals surface area contributed by atoms with E-state index in [2.05, 4.69) is 17.4 Å². The zero-order chi connectivity index (χ0) is 14.2. The molecule has 0 aliphatic carbocycles. The van der Waals surface area contributed by atoms with Crippen molar-refractivity contribution in [2.45, 2.75) is 19.1 Å². The molecule has 0 bridgehead atoms. The van der Waals surface area contributed by atoms with Gasteiger partial charge in [-0.05, 0) is 25.2 Å². The van der Waals surface area contributed by atoms with E-state index in [1.807, 2.05) is 49.5 Å². The lowest BCUT2D eigenvalue weighted by Crippen LogP contribution is -2.16. The first-order chi connectivity index (χ1) is 9.85. The predicted molar refractivity (Wildman–Crippen MR) is 80.7 cm³/mol. The molecule has 106 valence electrons. The van der Waals surface area contributed by atoms with Crippen LogP contribution < -0.4 is 10.1 Å². The molecule has 20 heavy (non-hydrogen) atoms. The van der Waals surface area contributed by atoms with Crippen LogP contribution in [0.1, 0.15) is 23.7 Å². The number of aliphatic hydroxyl groups excluding tert-OH is 1. The fraction of sp³-hybridized carbons (Fsp3) is 0.294. The van der Waals surface area contributed by atoms with Gasteiger partial charge in [-0.3, -0.25) is 0 Å². The molecule has 0 aromatic heterocycles. The van der Waals surface area contributed by atoms with Gasteiger partial charge >= 0.3 is 0 Å². The van der Waals surface area contributed by atoms with Crippen molar-refractivity contribution in [3.63, 3.8) is 0 Å². The van der Waals surface area contributed by atoms with E-state index in [0.29, 0.717) is 0 Å². The minimum absolute atomic E-state index is 0.0102. The highest BCUT2D eigenvalue weighted by Crippen LogP contribution is 2.27. The SMILES string of the molecule is CNCCC(Oc1ccccc1CO)c1ccccc1. The van der Waals surface area contributed by atoms with E-state index in [9.17, 15) is 5.11 Å². The molecule has 0 radical (unpaired) electrons. The smallest absolute Gasteiger partial charge is 0.125 e. The number of nitrogens with one attached hydrogen (secondary N) is 1. The highest BCUT2D eigenvalue weighted by molar-refractivity contribution is 5.33. The van der Waals surface area contributed by atoms with Crippen LogP contribution in [0.5, 0.6) is 5.75 Å². The van der Waals surface area contributed by atoms with Crippen molar-refractivity contribution >= 4 is 0 Å². The van der Waals surface area contributed by atoms with Crippen molar-refractivity contribution in [3.05, 3.63) is 65.7 Å². The van der Waals surface area contributed by atoms with Crippen LogP contribution in [0, 0.1) is 0 Å². The summed E-state index contributed by atoms with van der Waals surface area (Å²) in [5.74, 6) is 0.750. The first-order valence-corrected chi connectivity index (χ1v) is 6.90. The average Bonchev–Trinajstić information content (AvgIpc) is 2.52. The van der Waals surface area contributed by atoms with Crippen LogP contribution in [0.15, 0.2) is 54.6 Å². The zero-order valence-electron chi connectivity index (χ0n) is 11.8. The Morgan fingerprint density at radius 2 is 1.75 bits per heavy atom. The maximum absolute atomic E-state index is 9.39. The number of rotatable bonds is 7. The monoisotopic (exact) mass is 271 g/mol. The summed E-state index contributed by atoms with van der Waals surface area (Å²) in [6, 6.07) is 17.8. The molecule has 0 spiro atoms. The van der Waals surface area contributed by atoms with Gasteiger partial charge < -0.3 is 15.2 Å². The molecular weight excluding hydrogens is 250 g/mol. The lowest BCUT2D eigenvalue weighted by Gasteiger charge is -2.21. The van der Waals surface area contributed by atoms with Gasteiger partial charge in [-0.15, -0.1) is 0 Å². The van der Waals surface area contributed by atoms with Gasteiger partial charge in [0.25, 0.3) is 0 Å². The van der Waals surface area contributed by atoms with Gasteiger partial charge in [0, 0.05) is 12.0 Å². The summed E-state index contributed by atoms with van der Waals surface area (Å²) in [7, 11) is 1.93. The second kappa shape index (κ2) is 7.68. The largest absolute Gasteiger partial charge is 0.485 e. The van der Waals surface area contributed by atoms with Gasteiger partial charge in [0.15, 0.2) is 0 Å². The minimum Gasteiger partial charge on any atom is -0.485 e. The van der Waals surface area contributed by atoms with Gasteiger partial charge in [-0.2, -0.15) is 0 Å². The number of hydrogen-bond acceptors (Lipinski definition) is 3. The second-order valence-corrected chi connectivity index (χ2v) is 4.68. The van der Waals surface area contributed by atoms with Gasteiger partial charge in [-0.25, -0.2) is 0 Å². The molecule has 1 atom stereocenters. The summed E-state index contributed by atoms with van der Waals surface area (Å²) in [4.78, 5) is 0. The van der Waals surface area contributed by atoms with Gasteiger partial charge in [0.2, 0.25) is 0 Å². The molecule has 2 N–H and O–H groups in total. The van der Waals surface area contributed by atoms with Crippen molar-refractivity contribution in [3.8, 4) is 5.75 Å². The zero-order valence-corrected chi connectivity index (χ0v) is 11.8. The number of aliphatic hydroxyl groups is 1. The molecule has 2 aromatic carbocycles. The molecule has 0 saturated heterocycles.